The van der Waals surface area contributed by atoms with E-state index in [9.17, 15) is 75.1 Å². The minimum absolute atomic E-state index is 0.909. The van der Waals surface area contributed by atoms with Crippen molar-refractivity contribution in [1.29, 1.82) is 0 Å². The quantitative estimate of drug-likeness (QED) is 0.0723. The number of nitrogens with two attached hydrogens (primary N) is 1. The lowest BCUT2D eigenvalue weighted by Gasteiger charge is -2.47. The van der Waals surface area contributed by atoms with E-state index in [4.69, 9.17) is 48.7 Å². The molecule has 4 aliphatic heterocycles. The van der Waals surface area contributed by atoms with Crippen LogP contribution in [0.5, 0.6) is 0 Å². The standard InChI is InChI=1S/C24H45NO26P2/c25-9-13(31)18(6(2-27)45-21(9)36)49-24-20(51-53(40,41)42)16(34)12(30)7(48-24)3-43-23-19(15(33)10(28)5(1-26)46-23)50-22-17(35)14(32)11(29)8(47-22)4-44-52(37,38)39/h5-24,26-36H,1-4,25H2,(H2,37,38,39)(H2,40,41,42)/t5-,6-,7-,8-,9-,10-,11-,12-,13-,14+,15+,16+,17+,18-,19+,20+,21+,22-,23+,24-/m1/s1. The number of hydrogen-bond acceptors (Lipinski definition) is 23. The van der Waals surface area contributed by atoms with E-state index >= 15 is 0 Å². The van der Waals surface area contributed by atoms with Gasteiger partial charge in [0.15, 0.2) is 25.2 Å². The van der Waals surface area contributed by atoms with Gasteiger partial charge in [0.25, 0.3) is 0 Å². The SMILES string of the molecule is N[C@@H]1[C@@H](O)[C@H](O[C@H]2O[C@H](CO[C@H]3O[C@H](CO)[C@@H](O)[C@H](O)[C@@H]3O[C@H]3O[C@H](COP(=O)(O)O)[C@@H](O)[C@H](O)[C@@H]3O)[C@@H](O)[C@H](O)[C@@H]2OP(=O)(O)O)[C@@H](CO)O[C@@H]1O. The predicted molar refractivity (Wildman–Crippen MR) is 158 cm³/mol. The highest BCUT2D eigenvalue weighted by atomic mass is 31.2. The highest BCUT2D eigenvalue weighted by Crippen LogP contribution is 2.43. The predicted octanol–water partition coefficient (Wildman–Crippen LogP) is -9.55. The van der Waals surface area contributed by atoms with E-state index in [0.717, 1.165) is 0 Å². The topological polar surface area (TPSA) is 447 Å². The zero-order chi connectivity index (χ0) is 39.7. The Morgan fingerprint density at radius 3 is 1.60 bits per heavy atom. The number of hydrogen-bond donors (Lipinski definition) is 16. The number of phosphoric ester groups is 2. The van der Waals surface area contributed by atoms with Gasteiger partial charge >= 0.3 is 15.6 Å². The van der Waals surface area contributed by atoms with Crippen LogP contribution >= 0.6 is 15.6 Å². The van der Waals surface area contributed by atoms with Gasteiger partial charge in [0.2, 0.25) is 0 Å². The summed E-state index contributed by atoms with van der Waals surface area (Å²) in [4.78, 5) is 36.9. The van der Waals surface area contributed by atoms with Gasteiger partial charge in [-0.3, -0.25) is 9.05 Å². The van der Waals surface area contributed by atoms with Crippen LogP contribution in [-0.2, 0) is 51.3 Å². The van der Waals surface area contributed by atoms with E-state index in [1.165, 1.54) is 0 Å². The van der Waals surface area contributed by atoms with Gasteiger partial charge in [-0.05, 0) is 0 Å². The molecule has 4 saturated heterocycles. The maximum atomic E-state index is 11.7. The van der Waals surface area contributed by atoms with E-state index in [-0.39, 0.29) is 0 Å². The van der Waals surface area contributed by atoms with Crippen molar-refractivity contribution in [2.24, 2.45) is 5.73 Å². The molecule has 4 fully saturated rings. The van der Waals surface area contributed by atoms with Crippen molar-refractivity contribution in [3.05, 3.63) is 0 Å². The molecule has 17 N–H and O–H groups in total. The number of phosphoric acid groups is 2. The van der Waals surface area contributed by atoms with E-state index in [2.05, 4.69) is 9.05 Å². The number of aliphatic hydroxyl groups excluding tert-OH is 11. The molecule has 0 unspecified atom stereocenters. The van der Waals surface area contributed by atoms with Crippen molar-refractivity contribution in [1.82, 2.24) is 0 Å². The molecule has 0 saturated carbocycles. The van der Waals surface area contributed by atoms with Gasteiger partial charge in [-0.25, -0.2) is 9.13 Å². The van der Waals surface area contributed by atoms with Crippen LogP contribution in [0.4, 0.5) is 0 Å². The molecule has 0 aromatic rings. The molecule has 4 aliphatic rings. The fourth-order valence-corrected chi connectivity index (χ4v) is 6.75. The van der Waals surface area contributed by atoms with Crippen LogP contribution in [0, 0.1) is 0 Å². The van der Waals surface area contributed by atoms with Gasteiger partial charge in [-0.2, -0.15) is 0 Å². The van der Waals surface area contributed by atoms with Crippen molar-refractivity contribution in [3.63, 3.8) is 0 Å². The normalized spacial score (nSPS) is 47.4. The Bertz CT molecular complexity index is 1260. The Balaban J connectivity index is 1.55. The highest BCUT2D eigenvalue weighted by molar-refractivity contribution is 7.46. The fourth-order valence-electron chi connectivity index (χ4n) is 5.87. The van der Waals surface area contributed by atoms with Crippen LogP contribution < -0.4 is 5.73 Å². The minimum atomic E-state index is -5.48. The summed E-state index contributed by atoms with van der Waals surface area (Å²) < 4.78 is 69.9. The van der Waals surface area contributed by atoms with Crippen LogP contribution in [-0.4, -0.2) is 225 Å². The second-order valence-electron chi connectivity index (χ2n) is 12.4. The zero-order valence-corrected chi connectivity index (χ0v) is 28.8. The Hall–Kier alpha value is -0.540. The monoisotopic (exact) mass is 825 g/mol. The third kappa shape index (κ3) is 10.9. The van der Waals surface area contributed by atoms with Crippen LogP contribution in [0.2, 0.25) is 0 Å². The fraction of sp³-hybridized carbons (Fsp3) is 1.00. The summed E-state index contributed by atoms with van der Waals surface area (Å²) in [5, 5.41) is 114. The Labute approximate surface area is 297 Å². The summed E-state index contributed by atoms with van der Waals surface area (Å²) in [6, 6.07) is -1.55. The van der Waals surface area contributed by atoms with E-state index in [1.54, 1.807) is 0 Å². The van der Waals surface area contributed by atoms with Crippen molar-refractivity contribution in [2.45, 2.75) is 123 Å². The third-order valence-electron chi connectivity index (χ3n) is 8.73. The summed E-state index contributed by atoms with van der Waals surface area (Å²) in [6.07, 6.45) is -37.0. The van der Waals surface area contributed by atoms with Gasteiger partial charge in [0.1, 0.15) is 91.6 Å². The van der Waals surface area contributed by atoms with E-state index < -0.39 is 165 Å². The molecule has 0 amide bonds. The van der Waals surface area contributed by atoms with E-state index in [1.807, 2.05) is 0 Å². The highest BCUT2D eigenvalue weighted by Gasteiger charge is 2.54. The first-order valence-corrected chi connectivity index (χ1v) is 18.7. The van der Waals surface area contributed by atoms with Gasteiger partial charge in [0, 0.05) is 0 Å². The molecule has 20 atom stereocenters. The Morgan fingerprint density at radius 2 is 1.02 bits per heavy atom. The summed E-state index contributed by atoms with van der Waals surface area (Å²) in [6.45, 7) is -3.83. The lowest BCUT2D eigenvalue weighted by Crippen LogP contribution is -2.66. The molecule has 0 aromatic heterocycles. The molecule has 0 spiro atoms. The summed E-state index contributed by atoms with van der Waals surface area (Å²) in [5.74, 6) is 0. The van der Waals surface area contributed by atoms with Crippen molar-refractivity contribution < 1.29 is 127 Å². The second-order valence-corrected chi connectivity index (χ2v) is 14.9. The summed E-state index contributed by atoms with van der Waals surface area (Å²) >= 11 is 0. The lowest BCUT2D eigenvalue weighted by atomic mass is 9.96. The molecule has 0 bridgehead atoms. The molecule has 53 heavy (non-hydrogen) atoms. The average Bonchev–Trinajstić information content (AvgIpc) is 3.08. The van der Waals surface area contributed by atoms with Crippen LogP contribution in [0.25, 0.3) is 0 Å². The summed E-state index contributed by atoms with van der Waals surface area (Å²) in [5.41, 5.74) is 5.70. The lowest BCUT2D eigenvalue weighted by molar-refractivity contribution is -0.375. The Morgan fingerprint density at radius 1 is 0.509 bits per heavy atom. The molecule has 4 rings (SSSR count). The van der Waals surface area contributed by atoms with Crippen molar-refractivity contribution in [3.8, 4) is 0 Å². The molecular weight excluding hydrogens is 780 g/mol. The number of ether oxygens (including phenoxy) is 7. The van der Waals surface area contributed by atoms with Crippen molar-refractivity contribution >= 4 is 15.6 Å². The van der Waals surface area contributed by atoms with Crippen LogP contribution in [0.15, 0.2) is 0 Å². The first kappa shape index (κ1) is 45.2. The maximum absolute atomic E-state index is 11.7. The van der Waals surface area contributed by atoms with Gasteiger partial charge in [-0.1, -0.05) is 0 Å². The van der Waals surface area contributed by atoms with Crippen LogP contribution in [0.3, 0.4) is 0 Å². The third-order valence-corrected chi connectivity index (χ3v) is 9.74. The largest absolute Gasteiger partial charge is 0.470 e. The van der Waals surface area contributed by atoms with Crippen molar-refractivity contribution in [2.75, 3.05) is 26.4 Å². The van der Waals surface area contributed by atoms with Gasteiger partial charge in [-0.15, -0.1) is 0 Å². The number of rotatable bonds is 14. The molecule has 0 aliphatic carbocycles. The first-order chi connectivity index (χ1) is 24.6. The zero-order valence-electron chi connectivity index (χ0n) is 27.0. The molecule has 0 radical (unpaired) electrons. The first-order valence-electron chi connectivity index (χ1n) is 15.7. The van der Waals surface area contributed by atoms with Gasteiger partial charge in [0.05, 0.1) is 32.5 Å². The maximum Gasteiger partial charge on any atom is 0.470 e. The average molecular weight is 826 g/mol. The van der Waals surface area contributed by atoms with Crippen LogP contribution in [0.1, 0.15) is 0 Å². The second kappa shape index (κ2) is 18.4. The summed E-state index contributed by atoms with van der Waals surface area (Å²) in [7, 11) is -10.6. The van der Waals surface area contributed by atoms with Gasteiger partial charge < -0.3 is 115 Å². The molecule has 27 nitrogen and oxygen atoms in total. The molecule has 0 aromatic carbocycles. The minimum Gasteiger partial charge on any atom is -0.394 e. The molecule has 4 heterocycles. The Kier molecular flexibility index (Phi) is 15.7. The molecule has 312 valence electrons. The number of aliphatic hydroxyl groups is 11. The smallest absolute Gasteiger partial charge is 0.394 e. The molecular formula is C24H45NO26P2. The molecule has 29 heteroatoms. The van der Waals surface area contributed by atoms with E-state index in [0.29, 0.717) is 0 Å².